The van der Waals surface area contributed by atoms with Crippen LogP contribution in [0.15, 0.2) is 6.33 Å². The lowest BCUT2D eigenvalue weighted by atomic mass is 10.1. The maximum atomic E-state index is 5.68. The Kier molecular flexibility index (Phi) is 2.98. The number of nitrogens with zero attached hydrogens (tertiary/aromatic N) is 5. The summed E-state index contributed by atoms with van der Waals surface area (Å²) in [6, 6.07) is 0. The van der Waals surface area contributed by atoms with Gasteiger partial charge in [-0.3, -0.25) is 0 Å². The SMILES string of the molecule is CC(C)CCCn1nnc2c(N)ncnc21. The Morgan fingerprint density at radius 2 is 2.19 bits per heavy atom. The molecule has 0 unspecified atom stereocenters. The molecule has 2 heterocycles. The number of nitrogen functional groups attached to an aromatic ring is 1. The molecule has 0 saturated heterocycles. The summed E-state index contributed by atoms with van der Waals surface area (Å²) in [4.78, 5) is 8.03. The predicted octanol–water partition coefficient (Wildman–Crippen LogP) is 1.24. The Morgan fingerprint density at radius 1 is 1.38 bits per heavy atom. The molecule has 0 aliphatic rings. The van der Waals surface area contributed by atoms with Gasteiger partial charge in [0.05, 0.1) is 0 Å². The summed E-state index contributed by atoms with van der Waals surface area (Å²) in [6.45, 7) is 5.24. The van der Waals surface area contributed by atoms with Gasteiger partial charge in [-0.1, -0.05) is 19.1 Å². The van der Waals surface area contributed by atoms with Crippen molar-refractivity contribution >= 4 is 17.0 Å². The van der Waals surface area contributed by atoms with Crippen molar-refractivity contribution in [3.63, 3.8) is 0 Å². The maximum absolute atomic E-state index is 5.68. The number of hydrogen-bond donors (Lipinski definition) is 1. The topological polar surface area (TPSA) is 82.5 Å². The van der Waals surface area contributed by atoms with E-state index in [0.29, 0.717) is 17.3 Å². The normalized spacial score (nSPS) is 11.4. The Labute approximate surface area is 93.9 Å². The smallest absolute Gasteiger partial charge is 0.183 e. The van der Waals surface area contributed by atoms with Crippen LogP contribution in [-0.2, 0) is 6.54 Å². The lowest BCUT2D eigenvalue weighted by Crippen LogP contribution is -2.03. The summed E-state index contributed by atoms with van der Waals surface area (Å²) < 4.78 is 1.79. The highest BCUT2D eigenvalue weighted by Crippen LogP contribution is 2.13. The van der Waals surface area contributed by atoms with E-state index in [1.165, 1.54) is 12.7 Å². The first-order chi connectivity index (χ1) is 7.68. The van der Waals surface area contributed by atoms with E-state index in [2.05, 4.69) is 34.1 Å². The summed E-state index contributed by atoms with van der Waals surface area (Å²) in [6.07, 6.45) is 3.68. The molecule has 6 heteroatoms. The predicted molar refractivity (Wildman–Crippen MR) is 61.6 cm³/mol. The molecule has 0 atom stereocenters. The Bertz CT molecular complexity index is 475. The molecule has 0 bridgehead atoms. The van der Waals surface area contributed by atoms with Crippen molar-refractivity contribution in [3.05, 3.63) is 6.33 Å². The maximum Gasteiger partial charge on any atom is 0.183 e. The van der Waals surface area contributed by atoms with Crippen LogP contribution in [-0.4, -0.2) is 25.0 Å². The molecule has 86 valence electrons. The van der Waals surface area contributed by atoms with Crippen molar-refractivity contribution in [2.75, 3.05) is 5.73 Å². The molecule has 0 amide bonds. The standard InChI is InChI=1S/C10H16N6/c1-7(2)4-3-5-16-10-8(14-15-16)9(11)12-6-13-10/h6-7H,3-5H2,1-2H3,(H2,11,12,13). The molecule has 0 aromatic carbocycles. The third kappa shape index (κ3) is 2.10. The Morgan fingerprint density at radius 3 is 2.94 bits per heavy atom. The highest BCUT2D eigenvalue weighted by molar-refractivity contribution is 5.80. The van der Waals surface area contributed by atoms with Crippen LogP contribution >= 0.6 is 0 Å². The van der Waals surface area contributed by atoms with Crippen LogP contribution in [0.2, 0.25) is 0 Å². The summed E-state index contributed by atoms with van der Waals surface area (Å²) >= 11 is 0. The third-order valence-corrected chi connectivity index (χ3v) is 2.48. The van der Waals surface area contributed by atoms with Gasteiger partial charge in [0.2, 0.25) is 0 Å². The number of anilines is 1. The van der Waals surface area contributed by atoms with Crippen LogP contribution in [0.3, 0.4) is 0 Å². The molecule has 0 aliphatic carbocycles. The van der Waals surface area contributed by atoms with Crippen molar-refractivity contribution in [3.8, 4) is 0 Å². The molecule has 6 nitrogen and oxygen atoms in total. The molecule has 2 N–H and O–H groups in total. The van der Waals surface area contributed by atoms with Gasteiger partial charge >= 0.3 is 0 Å². The van der Waals surface area contributed by atoms with Gasteiger partial charge in [0.15, 0.2) is 17.0 Å². The van der Waals surface area contributed by atoms with Gasteiger partial charge in [-0.15, -0.1) is 5.10 Å². The third-order valence-electron chi connectivity index (χ3n) is 2.48. The first-order valence-corrected chi connectivity index (χ1v) is 5.48. The van der Waals surface area contributed by atoms with Crippen LogP contribution in [0, 0.1) is 5.92 Å². The van der Waals surface area contributed by atoms with Crippen molar-refractivity contribution in [2.24, 2.45) is 5.92 Å². The Balaban J connectivity index is 2.16. The van der Waals surface area contributed by atoms with E-state index in [0.717, 1.165) is 18.6 Å². The zero-order chi connectivity index (χ0) is 11.5. The van der Waals surface area contributed by atoms with E-state index in [-0.39, 0.29) is 0 Å². The molecule has 2 aromatic heterocycles. The van der Waals surface area contributed by atoms with Crippen LogP contribution in [0.4, 0.5) is 5.82 Å². The Hall–Kier alpha value is -1.72. The van der Waals surface area contributed by atoms with Crippen LogP contribution in [0.25, 0.3) is 11.2 Å². The fourth-order valence-electron chi connectivity index (χ4n) is 1.61. The summed E-state index contributed by atoms with van der Waals surface area (Å²) in [5.74, 6) is 1.09. The number of aromatic nitrogens is 5. The fourth-order valence-corrected chi connectivity index (χ4v) is 1.61. The molecule has 0 saturated carbocycles. The van der Waals surface area contributed by atoms with Crippen molar-refractivity contribution in [2.45, 2.75) is 33.2 Å². The van der Waals surface area contributed by atoms with Gasteiger partial charge in [-0.05, 0) is 18.8 Å². The molecule has 0 radical (unpaired) electrons. The fraction of sp³-hybridized carbons (Fsp3) is 0.600. The second-order valence-electron chi connectivity index (χ2n) is 4.28. The molecule has 2 aromatic rings. The summed E-state index contributed by atoms with van der Waals surface area (Å²) in [5, 5.41) is 8.02. The van der Waals surface area contributed by atoms with Gasteiger partial charge < -0.3 is 5.73 Å². The van der Waals surface area contributed by atoms with Crippen LogP contribution < -0.4 is 5.73 Å². The van der Waals surface area contributed by atoms with E-state index in [1.807, 2.05) is 0 Å². The lowest BCUT2D eigenvalue weighted by molar-refractivity contribution is 0.488. The second kappa shape index (κ2) is 4.42. The molecule has 0 spiro atoms. The molecule has 0 aliphatic heterocycles. The summed E-state index contributed by atoms with van der Waals surface area (Å²) in [5.41, 5.74) is 6.99. The van der Waals surface area contributed by atoms with Crippen molar-refractivity contribution in [1.29, 1.82) is 0 Å². The minimum atomic E-state index is 0.389. The molecule has 2 rings (SSSR count). The van der Waals surface area contributed by atoms with E-state index in [9.17, 15) is 0 Å². The van der Waals surface area contributed by atoms with Crippen LogP contribution in [0.1, 0.15) is 26.7 Å². The van der Waals surface area contributed by atoms with Gasteiger partial charge in [0.25, 0.3) is 0 Å². The average molecular weight is 220 g/mol. The van der Waals surface area contributed by atoms with E-state index >= 15 is 0 Å². The number of rotatable bonds is 4. The second-order valence-corrected chi connectivity index (χ2v) is 4.28. The average Bonchev–Trinajstić information content (AvgIpc) is 2.63. The van der Waals surface area contributed by atoms with Gasteiger partial charge in [0, 0.05) is 6.54 Å². The van der Waals surface area contributed by atoms with Gasteiger partial charge in [0.1, 0.15) is 6.33 Å². The summed E-state index contributed by atoms with van der Waals surface area (Å²) in [7, 11) is 0. The molecule has 0 fully saturated rings. The van der Waals surface area contributed by atoms with Crippen LogP contribution in [0.5, 0.6) is 0 Å². The number of fused-ring (bicyclic) bond motifs is 1. The van der Waals surface area contributed by atoms with E-state index in [4.69, 9.17) is 5.73 Å². The minimum absolute atomic E-state index is 0.389. The highest BCUT2D eigenvalue weighted by atomic mass is 15.4. The molecule has 16 heavy (non-hydrogen) atoms. The van der Waals surface area contributed by atoms with Gasteiger partial charge in [-0.25, -0.2) is 14.6 Å². The molecular weight excluding hydrogens is 204 g/mol. The zero-order valence-corrected chi connectivity index (χ0v) is 9.59. The lowest BCUT2D eigenvalue weighted by Gasteiger charge is -2.04. The number of hydrogen-bond acceptors (Lipinski definition) is 5. The van der Waals surface area contributed by atoms with Crippen molar-refractivity contribution < 1.29 is 0 Å². The first kappa shape index (κ1) is 10.8. The quantitative estimate of drug-likeness (QED) is 0.838. The highest BCUT2D eigenvalue weighted by Gasteiger charge is 2.08. The number of nitrogens with two attached hydrogens (primary N) is 1. The van der Waals surface area contributed by atoms with E-state index in [1.54, 1.807) is 4.68 Å². The van der Waals surface area contributed by atoms with Crippen molar-refractivity contribution in [1.82, 2.24) is 25.0 Å². The number of aryl methyl sites for hydroxylation is 1. The largest absolute Gasteiger partial charge is 0.382 e. The monoisotopic (exact) mass is 220 g/mol. The van der Waals surface area contributed by atoms with E-state index < -0.39 is 0 Å². The molecular formula is C10H16N6. The minimum Gasteiger partial charge on any atom is -0.382 e. The first-order valence-electron chi connectivity index (χ1n) is 5.48. The van der Waals surface area contributed by atoms with Gasteiger partial charge in [-0.2, -0.15) is 0 Å². The zero-order valence-electron chi connectivity index (χ0n) is 9.59.